The molecule has 29 heavy (non-hydrogen) atoms. The minimum atomic E-state index is -0.0979. The lowest BCUT2D eigenvalue weighted by Gasteiger charge is -2.15. The molecular formula is C25H34O4. The summed E-state index contributed by atoms with van der Waals surface area (Å²) in [4.78, 5) is 11.8. The minimum Gasteiger partial charge on any atom is -0.497 e. The summed E-state index contributed by atoms with van der Waals surface area (Å²) < 4.78 is 16.5. The van der Waals surface area contributed by atoms with E-state index in [2.05, 4.69) is 26.5 Å². The predicted octanol–water partition coefficient (Wildman–Crippen LogP) is 5.78. The number of benzene rings is 1. The van der Waals surface area contributed by atoms with Gasteiger partial charge < -0.3 is 14.2 Å². The van der Waals surface area contributed by atoms with E-state index in [0.29, 0.717) is 19.6 Å². The molecule has 2 atom stereocenters. The molecule has 0 spiro atoms. The Balaban J connectivity index is 1.72. The minimum absolute atomic E-state index is 0.0859. The maximum atomic E-state index is 11.8. The highest BCUT2D eigenvalue weighted by Gasteiger charge is 2.32. The van der Waals surface area contributed by atoms with Gasteiger partial charge in [-0.3, -0.25) is 4.79 Å². The molecule has 0 bridgehead atoms. The molecule has 0 amide bonds. The summed E-state index contributed by atoms with van der Waals surface area (Å²) in [5, 5.41) is 0. The fraction of sp³-hybridized carbons (Fsp3) is 0.480. The molecule has 0 unspecified atom stereocenters. The van der Waals surface area contributed by atoms with Crippen molar-refractivity contribution in [2.24, 2.45) is 5.92 Å². The summed E-state index contributed by atoms with van der Waals surface area (Å²) in [6, 6.07) is 7.92. The highest BCUT2D eigenvalue weighted by molar-refractivity contribution is 5.72. The molecule has 2 rings (SSSR count). The Kier molecular flexibility index (Phi) is 9.72. The van der Waals surface area contributed by atoms with Gasteiger partial charge in [-0.2, -0.15) is 0 Å². The van der Waals surface area contributed by atoms with E-state index in [1.807, 2.05) is 36.4 Å². The Morgan fingerprint density at radius 1 is 1.21 bits per heavy atom. The van der Waals surface area contributed by atoms with Gasteiger partial charge in [0, 0.05) is 12.5 Å². The van der Waals surface area contributed by atoms with Crippen molar-refractivity contribution in [3.05, 3.63) is 65.8 Å². The van der Waals surface area contributed by atoms with Gasteiger partial charge in [0.15, 0.2) is 0 Å². The van der Waals surface area contributed by atoms with Crippen molar-refractivity contribution in [3.8, 4) is 5.75 Å². The predicted molar refractivity (Wildman–Crippen MR) is 117 cm³/mol. The molecule has 1 aliphatic heterocycles. The lowest BCUT2D eigenvalue weighted by Crippen LogP contribution is -2.14. The van der Waals surface area contributed by atoms with Crippen LogP contribution in [-0.4, -0.2) is 25.8 Å². The third-order valence-corrected chi connectivity index (χ3v) is 5.21. The maximum absolute atomic E-state index is 11.8. The summed E-state index contributed by atoms with van der Waals surface area (Å²) in [5.74, 6) is 1.03. The largest absolute Gasteiger partial charge is 0.497 e. The quantitative estimate of drug-likeness (QED) is 0.194. The third-order valence-electron chi connectivity index (χ3n) is 5.21. The van der Waals surface area contributed by atoms with Gasteiger partial charge in [0.05, 0.1) is 20.1 Å². The zero-order valence-electron chi connectivity index (χ0n) is 18.0. The Morgan fingerprint density at radius 3 is 2.66 bits per heavy atom. The van der Waals surface area contributed by atoms with Gasteiger partial charge in [-0.1, -0.05) is 42.0 Å². The molecular weight excluding hydrogens is 364 g/mol. The molecule has 158 valence electrons. The van der Waals surface area contributed by atoms with Crippen LogP contribution >= 0.6 is 0 Å². The van der Waals surface area contributed by atoms with Crippen molar-refractivity contribution >= 4 is 5.97 Å². The van der Waals surface area contributed by atoms with E-state index in [4.69, 9.17) is 14.2 Å². The highest BCUT2D eigenvalue weighted by Crippen LogP contribution is 2.30. The second-order valence-corrected chi connectivity index (χ2v) is 7.72. The number of carbonyl (C=O) groups is 1. The van der Waals surface area contributed by atoms with E-state index in [1.54, 1.807) is 7.11 Å². The number of rotatable bonds is 12. The van der Waals surface area contributed by atoms with Crippen LogP contribution in [0.2, 0.25) is 0 Å². The van der Waals surface area contributed by atoms with Gasteiger partial charge in [-0.25, -0.2) is 0 Å². The lowest BCUT2D eigenvalue weighted by molar-refractivity contribution is -0.140. The van der Waals surface area contributed by atoms with E-state index in [0.717, 1.165) is 37.0 Å². The van der Waals surface area contributed by atoms with Crippen LogP contribution in [0.15, 0.2) is 60.2 Å². The molecule has 4 heteroatoms. The highest BCUT2D eigenvalue weighted by atomic mass is 16.5. The number of carbonyl (C=O) groups excluding carboxylic acids is 1. The molecule has 1 heterocycles. The van der Waals surface area contributed by atoms with Crippen LogP contribution in [0.4, 0.5) is 0 Å². The van der Waals surface area contributed by atoms with Crippen molar-refractivity contribution in [2.75, 3.05) is 13.7 Å². The molecule has 1 fully saturated rings. The third kappa shape index (κ3) is 8.28. The number of cyclic esters (lactones) is 1. The Bertz CT molecular complexity index is 715. The Labute approximate surface area is 175 Å². The van der Waals surface area contributed by atoms with Crippen molar-refractivity contribution < 1.29 is 19.0 Å². The lowest BCUT2D eigenvalue weighted by atomic mass is 9.92. The van der Waals surface area contributed by atoms with Crippen molar-refractivity contribution in [1.29, 1.82) is 0 Å². The number of hydrogen-bond donors (Lipinski definition) is 0. The summed E-state index contributed by atoms with van der Waals surface area (Å²) in [6.07, 6.45) is 10.2. The summed E-state index contributed by atoms with van der Waals surface area (Å²) >= 11 is 0. The smallest absolute Gasteiger partial charge is 0.306 e. The van der Waals surface area contributed by atoms with Gasteiger partial charge in [0.2, 0.25) is 0 Å². The number of allylic oxidation sites excluding steroid dienone is 4. The fourth-order valence-electron chi connectivity index (χ4n) is 3.49. The van der Waals surface area contributed by atoms with Crippen LogP contribution in [0, 0.1) is 5.92 Å². The van der Waals surface area contributed by atoms with Crippen LogP contribution < -0.4 is 4.74 Å². The first-order valence-corrected chi connectivity index (χ1v) is 10.4. The molecule has 4 nitrogen and oxygen atoms in total. The average molecular weight is 399 g/mol. The first kappa shape index (κ1) is 23.0. The molecule has 0 aliphatic carbocycles. The van der Waals surface area contributed by atoms with E-state index >= 15 is 0 Å². The SMILES string of the molecule is C=C/C=C(\C)CC[C@H]1CC(=O)O[C@@H]1C=C(C)CCCOCc1ccc(OC)cc1. The van der Waals surface area contributed by atoms with Crippen LogP contribution in [0.3, 0.4) is 0 Å². The molecule has 0 radical (unpaired) electrons. The van der Waals surface area contributed by atoms with E-state index in [1.165, 1.54) is 11.1 Å². The number of methoxy groups -OCH3 is 1. The molecule has 1 saturated heterocycles. The van der Waals surface area contributed by atoms with Crippen LogP contribution in [0.1, 0.15) is 51.5 Å². The molecule has 1 aromatic rings. The number of hydrogen-bond acceptors (Lipinski definition) is 4. The fourth-order valence-corrected chi connectivity index (χ4v) is 3.49. The topological polar surface area (TPSA) is 44.8 Å². The van der Waals surface area contributed by atoms with Gasteiger partial charge in [0.1, 0.15) is 11.9 Å². The zero-order valence-corrected chi connectivity index (χ0v) is 18.0. The summed E-state index contributed by atoms with van der Waals surface area (Å²) in [7, 11) is 1.66. The van der Waals surface area contributed by atoms with Crippen molar-refractivity contribution in [2.45, 2.75) is 58.7 Å². The van der Waals surface area contributed by atoms with E-state index in [-0.39, 0.29) is 18.0 Å². The van der Waals surface area contributed by atoms with Gasteiger partial charge >= 0.3 is 5.97 Å². The van der Waals surface area contributed by atoms with Gasteiger partial charge in [0.25, 0.3) is 0 Å². The van der Waals surface area contributed by atoms with E-state index in [9.17, 15) is 4.79 Å². The second-order valence-electron chi connectivity index (χ2n) is 7.72. The molecule has 0 saturated carbocycles. The monoisotopic (exact) mass is 398 g/mol. The van der Waals surface area contributed by atoms with Gasteiger partial charge in [-0.15, -0.1) is 0 Å². The first-order chi connectivity index (χ1) is 14.0. The molecule has 0 N–H and O–H groups in total. The van der Waals surface area contributed by atoms with Crippen molar-refractivity contribution in [1.82, 2.24) is 0 Å². The van der Waals surface area contributed by atoms with Crippen LogP contribution in [-0.2, 0) is 20.9 Å². The standard InChI is InChI=1S/C25H34O4/c1-5-7-19(2)9-12-22-17-25(26)29-24(22)16-20(3)8-6-15-28-18-21-10-13-23(27-4)14-11-21/h5,7,10-11,13-14,16,22,24H,1,6,8-9,12,15,17-18H2,2-4H3/b19-7+,20-16?/t22-,24+/m0/s1. The van der Waals surface area contributed by atoms with Crippen LogP contribution in [0.25, 0.3) is 0 Å². The summed E-state index contributed by atoms with van der Waals surface area (Å²) in [5.41, 5.74) is 3.67. The van der Waals surface area contributed by atoms with Crippen molar-refractivity contribution in [3.63, 3.8) is 0 Å². The maximum Gasteiger partial charge on any atom is 0.306 e. The Hall–Kier alpha value is -2.33. The molecule has 1 aromatic carbocycles. The normalized spacial score (nSPS) is 19.9. The molecule has 1 aliphatic rings. The molecule has 0 aromatic heterocycles. The second kappa shape index (κ2) is 12.3. The van der Waals surface area contributed by atoms with Gasteiger partial charge in [-0.05, 0) is 63.3 Å². The number of ether oxygens (including phenoxy) is 3. The zero-order chi connectivity index (χ0) is 21.1. The number of esters is 1. The average Bonchev–Trinajstić information content (AvgIpc) is 3.05. The first-order valence-electron chi connectivity index (χ1n) is 10.4. The van der Waals surface area contributed by atoms with Crippen LogP contribution in [0.5, 0.6) is 5.75 Å². The van der Waals surface area contributed by atoms with E-state index < -0.39 is 0 Å². The Morgan fingerprint density at radius 2 is 1.97 bits per heavy atom. The summed E-state index contributed by atoms with van der Waals surface area (Å²) in [6.45, 7) is 9.25.